The van der Waals surface area contributed by atoms with E-state index in [0.29, 0.717) is 13.0 Å². The summed E-state index contributed by atoms with van der Waals surface area (Å²) >= 11 is 0. The molecule has 0 aliphatic carbocycles. The van der Waals surface area contributed by atoms with Crippen molar-refractivity contribution in [1.29, 1.82) is 0 Å². The summed E-state index contributed by atoms with van der Waals surface area (Å²) in [7, 11) is -3.60. The van der Waals surface area contributed by atoms with Crippen molar-refractivity contribution in [3.8, 4) is 0 Å². The Morgan fingerprint density at radius 1 is 1.25 bits per heavy atom. The first kappa shape index (κ1) is 18.2. The van der Waals surface area contributed by atoms with Gasteiger partial charge in [0.15, 0.2) is 0 Å². The molecule has 0 radical (unpaired) electrons. The third kappa shape index (κ3) is 4.24. The largest absolute Gasteiger partial charge is 0.481 e. The van der Waals surface area contributed by atoms with Gasteiger partial charge in [-0.05, 0) is 25.5 Å². The van der Waals surface area contributed by atoms with E-state index in [9.17, 15) is 18.0 Å². The number of carboxylic acid groups (broad SMARTS) is 1. The summed E-state index contributed by atoms with van der Waals surface area (Å²) in [4.78, 5) is 24.7. The third-order valence-electron chi connectivity index (χ3n) is 4.02. The maximum Gasteiger partial charge on any atom is 0.317 e. The van der Waals surface area contributed by atoms with E-state index in [1.54, 1.807) is 25.1 Å². The maximum atomic E-state index is 12.0. The molecule has 2 amide bonds. The fourth-order valence-electron chi connectivity index (χ4n) is 2.46. The molecule has 1 atom stereocenters. The standard InChI is InChI=1S/C15H21N3O5S/c1-15(13(19)20)7-10-18(11-15)14(21)16-8-9-17-24(22,23)12-5-3-2-4-6-12/h2-6,17H,7-11H2,1H3,(H,16,21)(H,19,20). The summed E-state index contributed by atoms with van der Waals surface area (Å²) in [5.41, 5.74) is -0.924. The van der Waals surface area contributed by atoms with Crippen LogP contribution in [0, 0.1) is 5.41 Å². The van der Waals surface area contributed by atoms with E-state index in [1.165, 1.54) is 17.0 Å². The van der Waals surface area contributed by atoms with Crippen molar-refractivity contribution >= 4 is 22.0 Å². The third-order valence-corrected chi connectivity index (χ3v) is 5.50. The predicted octanol–water partition coefficient (Wildman–Crippen LogP) is 0.471. The minimum Gasteiger partial charge on any atom is -0.481 e. The van der Waals surface area contributed by atoms with Crippen LogP contribution >= 0.6 is 0 Å². The lowest BCUT2D eigenvalue weighted by Crippen LogP contribution is -2.43. The number of sulfonamides is 1. The lowest BCUT2D eigenvalue weighted by atomic mass is 9.90. The summed E-state index contributed by atoms with van der Waals surface area (Å²) in [5.74, 6) is -0.923. The van der Waals surface area contributed by atoms with Crippen molar-refractivity contribution in [2.75, 3.05) is 26.2 Å². The molecular formula is C15H21N3O5S. The fourth-order valence-corrected chi connectivity index (χ4v) is 3.51. The van der Waals surface area contributed by atoms with Crippen LogP contribution < -0.4 is 10.0 Å². The van der Waals surface area contributed by atoms with Gasteiger partial charge in [-0.1, -0.05) is 18.2 Å². The molecule has 2 rings (SSSR count). The number of amides is 2. The molecule has 1 aromatic carbocycles. The van der Waals surface area contributed by atoms with Gasteiger partial charge in [0.05, 0.1) is 10.3 Å². The Morgan fingerprint density at radius 2 is 1.92 bits per heavy atom. The molecule has 1 saturated heterocycles. The number of urea groups is 1. The van der Waals surface area contributed by atoms with Crippen molar-refractivity contribution in [3.63, 3.8) is 0 Å². The van der Waals surface area contributed by atoms with E-state index in [2.05, 4.69) is 10.0 Å². The molecule has 1 fully saturated rings. The number of carboxylic acids is 1. The average Bonchev–Trinajstić information content (AvgIpc) is 2.96. The lowest BCUT2D eigenvalue weighted by molar-refractivity contribution is -0.147. The van der Waals surface area contributed by atoms with Crippen LogP contribution in [0.4, 0.5) is 4.79 Å². The van der Waals surface area contributed by atoms with Crippen molar-refractivity contribution < 1.29 is 23.1 Å². The number of carbonyl (C=O) groups is 2. The van der Waals surface area contributed by atoms with Crippen molar-refractivity contribution in [2.24, 2.45) is 5.41 Å². The molecule has 0 bridgehead atoms. The van der Waals surface area contributed by atoms with Crippen LogP contribution in [0.15, 0.2) is 35.2 Å². The van der Waals surface area contributed by atoms with Gasteiger partial charge < -0.3 is 15.3 Å². The van der Waals surface area contributed by atoms with Crippen molar-refractivity contribution in [1.82, 2.24) is 14.9 Å². The van der Waals surface area contributed by atoms with Crippen LogP contribution in [0.2, 0.25) is 0 Å². The van der Waals surface area contributed by atoms with Crippen LogP contribution in [0.1, 0.15) is 13.3 Å². The monoisotopic (exact) mass is 355 g/mol. The molecule has 1 unspecified atom stereocenters. The molecule has 24 heavy (non-hydrogen) atoms. The van der Waals surface area contributed by atoms with Crippen LogP contribution in [0.5, 0.6) is 0 Å². The number of nitrogens with one attached hydrogen (secondary N) is 2. The second-order valence-electron chi connectivity index (χ2n) is 5.98. The highest BCUT2D eigenvalue weighted by Crippen LogP contribution is 2.29. The van der Waals surface area contributed by atoms with Gasteiger partial charge in [-0.3, -0.25) is 4.79 Å². The molecule has 3 N–H and O–H groups in total. The zero-order valence-electron chi connectivity index (χ0n) is 13.4. The Hall–Kier alpha value is -2.13. The lowest BCUT2D eigenvalue weighted by Gasteiger charge is -2.20. The number of nitrogens with zero attached hydrogens (tertiary/aromatic N) is 1. The number of benzene rings is 1. The number of carbonyl (C=O) groups excluding carboxylic acids is 1. The van der Waals surface area contributed by atoms with E-state index in [0.717, 1.165) is 0 Å². The zero-order valence-corrected chi connectivity index (χ0v) is 14.2. The summed E-state index contributed by atoms with van der Waals surface area (Å²) in [6, 6.07) is 7.56. The highest BCUT2D eigenvalue weighted by Gasteiger charge is 2.42. The van der Waals surface area contributed by atoms with E-state index in [-0.39, 0.29) is 30.6 Å². The summed E-state index contributed by atoms with van der Waals surface area (Å²) < 4.78 is 26.4. The van der Waals surface area contributed by atoms with Crippen molar-refractivity contribution in [2.45, 2.75) is 18.2 Å². The van der Waals surface area contributed by atoms with Crippen LogP contribution in [0.25, 0.3) is 0 Å². The predicted molar refractivity (Wildman–Crippen MR) is 87.0 cm³/mol. The van der Waals surface area contributed by atoms with Crippen LogP contribution in [-0.2, 0) is 14.8 Å². The molecule has 9 heteroatoms. The Balaban J connectivity index is 1.77. The molecule has 0 saturated carbocycles. The van der Waals surface area contributed by atoms with Crippen LogP contribution in [-0.4, -0.2) is 56.6 Å². The molecule has 8 nitrogen and oxygen atoms in total. The van der Waals surface area contributed by atoms with Gasteiger partial charge in [-0.15, -0.1) is 0 Å². The Bertz CT molecular complexity index is 707. The van der Waals surface area contributed by atoms with Gasteiger partial charge in [0, 0.05) is 26.2 Å². The number of likely N-dealkylation sites (tertiary alicyclic amines) is 1. The van der Waals surface area contributed by atoms with Gasteiger partial charge in [-0.2, -0.15) is 0 Å². The number of aliphatic carboxylic acids is 1. The van der Waals surface area contributed by atoms with Gasteiger partial charge in [0.1, 0.15) is 0 Å². The summed E-state index contributed by atoms with van der Waals surface area (Å²) in [5, 5.41) is 11.7. The van der Waals surface area contributed by atoms with Gasteiger partial charge in [-0.25, -0.2) is 17.9 Å². The molecular weight excluding hydrogens is 334 g/mol. The number of hydrogen-bond donors (Lipinski definition) is 3. The van der Waals surface area contributed by atoms with Gasteiger partial charge >= 0.3 is 12.0 Å². The molecule has 0 aromatic heterocycles. The second-order valence-corrected chi connectivity index (χ2v) is 7.75. The SMILES string of the molecule is CC1(C(=O)O)CCN(C(=O)NCCNS(=O)(=O)c2ccccc2)C1. The van der Waals surface area contributed by atoms with Crippen LogP contribution in [0.3, 0.4) is 0 Å². The topological polar surface area (TPSA) is 116 Å². The Kier molecular flexibility index (Phi) is 5.45. The smallest absolute Gasteiger partial charge is 0.317 e. The molecule has 0 spiro atoms. The molecule has 1 aromatic rings. The van der Waals surface area contributed by atoms with E-state index >= 15 is 0 Å². The quantitative estimate of drug-likeness (QED) is 0.642. The average molecular weight is 355 g/mol. The first-order valence-corrected chi connectivity index (χ1v) is 9.04. The first-order chi connectivity index (χ1) is 11.2. The first-order valence-electron chi connectivity index (χ1n) is 7.55. The van der Waals surface area contributed by atoms with E-state index < -0.39 is 21.4 Å². The number of hydrogen-bond acceptors (Lipinski definition) is 4. The normalized spacial score (nSPS) is 20.8. The molecule has 1 heterocycles. The molecule has 132 valence electrons. The van der Waals surface area contributed by atoms with E-state index in [1.807, 2.05) is 0 Å². The molecule has 1 aliphatic rings. The van der Waals surface area contributed by atoms with E-state index in [4.69, 9.17) is 5.11 Å². The zero-order chi connectivity index (χ0) is 17.8. The minimum absolute atomic E-state index is 0.0486. The number of rotatable bonds is 6. The Morgan fingerprint density at radius 3 is 2.50 bits per heavy atom. The molecule has 1 aliphatic heterocycles. The fraction of sp³-hybridized carbons (Fsp3) is 0.467. The Labute approximate surface area is 140 Å². The second kappa shape index (κ2) is 7.18. The van der Waals surface area contributed by atoms with Gasteiger partial charge in [0.2, 0.25) is 10.0 Å². The highest BCUT2D eigenvalue weighted by atomic mass is 32.2. The summed E-state index contributed by atoms with van der Waals surface area (Å²) in [6.45, 7) is 2.28. The minimum atomic E-state index is -3.60. The highest BCUT2D eigenvalue weighted by molar-refractivity contribution is 7.89. The van der Waals surface area contributed by atoms with Gasteiger partial charge in [0.25, 0.3) is 0 Å². The summed E-state index contributed by atoms with van der Waals surface area (Å²) in [6.07, 6.45) is 0.399. The maximum absolute atomic E-state index is 12.0. The van der Waals surface area contributed by atoms with Crippen molar-refractivity contribution in [3.05, 3.63) is 30.3 Å².